The van der Waals surface area contributed by atoms with Crippen LogP contribution < -0.4 is 5.32 Å². The standard InChI is InChI=1S/C13H18N2S/c1-8(2)7-14-13-15-11-6-9(3)5-10(4)12(11)16-13/h5-6,8H,7H2,1-4H3,(H,14,15). The lowest BCUT2D eigenvalue weighted by molar-refractivity contribution is 0.688. The summed E-state index contributed by atoms with van der Waals surface area (Å²) < 4.78 is 1.30. The molecule has 2 aromatic rings. The van der Waals surface area contributed by atoms with Gasteiger partial charge in [0, 0.05) is 6.54 Å². The lowest BCUT2D eigenvalue weighted by atomic mass is 10.1. The molecule has 1 aromatic carbocycles. The van der Waals surface area contributed by atoms with E-state index in [9.17, 15) is 0 Å². The summed E-state index contributed by atoms with van der Waals surface area (Å²) in [5.41, 5.74) is 3.73. The first-order valence-corrected chi connectivity index (χ1v) is 6.49. The van der Waals surface area contributed by atoms with Gasteiger partial charge in [-0.3, -0.25) is 0 Å². The number of nitrogens with one attached hydrogen (secondary N) is 1. The van der Waals surface area contributed by atoms with E-state index in [2.05, 4.69) is 50.1 Å². The molecule has 0 radical (unpaired) electrons. The Morgan fingerprint density at radius 1 is 1.31 bits per heavy atom. The zero-order valence-electron chi connectivity index (χ0n) is 10.3. The second-order valence-corrected chi connectivity index (χ2v) is 5.72. The zero-order valence-corrected chi connectivity index (χ0v) is 11.1. The predicted molar refractivity (Wildman–Crippen MR) is 72.4 cm³/mol. The maximum Gasteiger partial charge on any atom is 0.183 e. The normalized spacial score (nSPS) is 11.3. The molecule has 0 amide bonds. The molecule has 16 heavy (non-hydrogen) atoms. The Balaban J connectivity index is 2.33. The topological polar surface area (TPSA) is 24.9 Å². The molecule has 0 atom stereocenters. The first-order chi connectivity index (χ1) is 7.56. The quantitative estimate of drug-likeness (QED) is 0.869. The Bertz CT molecular complexity index is 500. The van der Waals surface area contributed by atoms with Crippen LogP contribution in [0.1, 0.15) is 25.0 Å². The monoisotopic (exact) mass is 234 g/mol. The summed E-state index contributed by atoms with van der Waals surface area (Å²) in [6.07, 6.45) is 0. The first-order valence-electron chi connectivity index (χ1n) is 5.68. The lowest BCUT2D eigenvalue weighted by Gasteiger charge is -2.03. The summed E-state index contributed by atoms with van der Waals surface area (Å²) in [6.45, 7) is 9.66. The summed E-state index contributed by atoms with van der Waals surface area (Å²) in [6, 6.07) is 4.37. The van der Waals surface area contributed by atoms with E-state index in [1.165, 1.54) is 15.8 Å². The van der Waals surface area contributed by atoms with E-state index in [1.807, 2.05) is 0 Å². The summed E-state index contributed by atoms with van der Waals surface area (Å²) >= 11 is 1.75. The molecule has 0 aliphatic carbocycles. The Labute approximate surface area is 101 Å². The highest BCUT2D eigenvalue weighted by Crippen LogP contribution is 2.29. The number of anilines is 1. The molecular formula is C13H18N2S. The summed E-state index contributed by atoms with van der Waals surface area (Å²) in [5, 5.41) is 4.43. The fourth-order valence-electron chi connectivity index (χ4n) is 1.74. The van der Waals surface area contributed by atoms with Crippen molar-refractivity contribution in [2.24, 2.45) is 5.92 Å². The molecule has 0 bridgehead atoms. The van der Waals surface area contributed by atoms with E-state index >= 15 is 0 Å². The summed E-state index contributed by atoms with van der Waals surface area (Å²) in [7, 11) is 0. The van der Waals surface area contributed by atoms with Crippen molar-refractivity contribution in [2.75, 3.05) is 11.9 Å². The molecule has 0 aliphatic heterocycles. The second kappa shape index (κ2) is 4.42. The van der Waals surface area contributed by atoms with Crippen molar-refractivity contribution in [1.29, 1.82) is 0 Å². The SMILES string of the molecule is Cc1cc(C)c2sc(NCC(C)C)nc2c1. The van der Waals surface area contributed by atoms with Crippen molar-refractivity contribution in [1.82, 2.24) is 4.98 Å². The van der Waals surface area contributed by atoms with Crippen LogP contribution in [0.3, 0.4) is 0 Å². The molecule has 1 N–H and O–H groups in total. The highest BCUT2D eigenvalue weighted by molar-refractivity contribution is 7.22. The van der Waals surface area contributed by atoms with Crippen molar-refractivity contribution >= 4 is 26.7 Å². The Hall–Kier alpha value is -1.09. The van der Waals surface area contributed by atoms with E-state index < -0.39 is 0 Å². The molecule has 0 spiro atoms. The molecule has 1 aromatic heterocycles. The van der Waals surface area contributed by atoms with Crippen LogP contribution in [0.5, 0.6) is 0 Å². The molecule has 2 nitrogen and oxygen atoms in total. The fourth-order valence-corrected chi connectivity index (χ4v) is 2.67. The second-order valence-electron chi connectivity index (χ2n) is 4.72. The van der Waals surface area contributed by atoms with Crippen LogP contribution in [0.25, 0.3) is 10.2 Å². The molecule has 0 unspecified atom stereocenters. The predicted octanol–water partition coefficient (Wildman–Crippen LogP) is 3.98. The molecule has 1 heterocycles. The van der Waals surface area contributed by atoms with Gasteiger partial charge in [0.05, 0.1) is 10.2 Å². The number of thiazole rings is 1. The molecule has 86 valence electrons. The first kappa shape index (κ1) is 11.4. The van der Waals surface area contributed by atoms with Crippen LogP contribution >= 0.6 is 11.3 Å². The Kier molecular flexibility index (Phi) is 3.15. The number of aryl methyl sites for hydroxylation is 2. The van der Waals surface area contributed by atoms with Gasteiger partial charge in [0.1, 0.15) is 0 Å². The number of hydrogen-bond donors (Lipinski definition) is 1. The number of benzene rings is 1. The third kappa shape index (κ3) is 2.35. The lowest BCUT2D eigenvalue weighted by Crippen LogP contribution is -2.07. The molecule has 0 aliphatic rings. The van der Waals surface area contributed by atoms with Crippen LogP contribution in [0.4, 0.5) is 5.13 Å². The van der Waals surface area contributed by atoms with Crippen LogP contribution in [-0.4, -0.2) is 11.5 Å². The van der Waals surface area contributed by atoms with E-state index in [0.717, 1.165) is 17.2 Å². The molecular weight excluding hydrogens is 216 g/mol. The number of fused-ring (bicyclic) bond motifs is 1. The third-order valence-electron chi connectivity index (χ3n) is 2.48. The smallest absolute Gasteiger partial charge is 0.183 e. The largest absolute Gasteiger partial charge is 0.361 e. The van der Waals surface area contributed by atoms with Gasteiger partial charge in [0.15, 0.2) is 5.13 Å². The number of nitrogens with zero attached hydrogens (tertiary/aromatic N) is 1. The van der Waals surface area contributed by atoms with Gasteiger partial charge in [-0.25, -0.2) is 4.98 Å². The maximum absolute atomic E-state index is 4.61. The van der Waals surface area contributed by atoms with Crippen molar-refractivity contribution < 1.29 is 0 Å². The van der Waals surface area contributed by atoms with Gasteiger partial charge in [-0.05, 0) is 37.0 Å². The fraction of sp³-hybridized carbons (Fsp3) is 0.462. The zero-order chi connectivity index (χ0) is 11.7. The van der Waals surface area contributed by atoms with Crippen molar-refractivity contribution in [2.45, 2.75) is 27.7 Å². The average molecular weight is 234 g/mol. The van der Waals surface area contributed by atoms with E-state index in [1.54, 1.807) is 11.3 Å². The van der Waals surface area contributed by atoms with Gasteiger partial charge in [0.25, 0.3) is 0 Å². The van der Waals surface area contributed by atoms with Gasteiger partial charge in [0.2, 0.25) is 0 Å². The number of rotatable bonds is 3. The number of hydrogen-bond acceptors (Lipinski definition) is 3. The van der Waals surface area contributed by atoms with Gasteiger partial charge in [-0.15, -0.1) is 0 Å². The van der Waals surface area contributed by atoms with Crippen LogP contribution in [0.15, 0.2) is 12.1 Å². The van der Waals surface area contributed by atoms with Crippen LogP contribution in [-0.2, 0) is 0 Å². The minimum Gasteiger partial charge on any atom is -0.361 e. The van der Waals surface area contributed by atoms with Crippen molar-refractivity contribution in [3.8, 4) is 0 Å². The van der Waals surface area contributed by atoms with Crippen LogP contribution in [0.2, 0.25) is 0 Å². The van der Waals surface area contributed by atoms with Gasteiger partial charge < -0.3 is 5.32 Å². The van der Waals surface area contributed by atoms with Crippen molar-refractivity contribution in [3.05, 3.63) is 23.3 Å². The molecule has 3 heteroatoms. The van der Waals surface area contributed by atoms with Gasteiger partial charge >= 0.3 is 0 Å². The third-order valence-corrected chi connectivity index (χ3v) is 3.65. The summed E-state index contributed by atoms with van der Waals surface area (Å²) in [5.74, 6) is 0.648. The summed E-state index contributed by atoms with van der Waals surface area (Å²) in [4.78, 5) is 4.61. The minimum absolute atomic E-state index is 0.648. The van der Waals surface area contributed by atoms with Gasteiger partial charge in [-0.1, -0.05) is 31.3 Å². The maximum atomic E-state index is 4.61. The Morgan fingerprint density at radius 3 is 2.75 bits per heavy atom. The highest BCUT2D eigenvalue weighted by atomic mass is 32.1. The highest BCUT2D eigenvalue weighted by Gasteiger charge is 2.06. The van der Waals surface area contributed by atoms with E-state index in [0.29, 0.717) is 5.92 Å². The van der Waals surface area contributed by atoms with Gasteiger partial charge in [-0.2, -0.15) is 0 Å². The van der Waals surface area contributed by atoms with E-state index in [-0.39, 0.29) is 0 Å². The van der Waals surface area contributed by atoms with Crippen molar-refractivity contribution in [3.63, 3.8) is 0 Å². The number of aromatic nitrogens is 1. The van der Waals surface area contributed by atoms with Crippen LogP contribution in [0, 0.1) is 19.8 Å². The van der Waals surface area contributed by atoms with E-state index in [4.69, 9.17) is 0 Å². The molecule has 0 saturated heterocycles. The minimum atomic E-state index is 0.648. The Morgan fingerprint density at radius 2 is 2.06 bits per heavy atom. The average Bonchev–Trinajstić information content (AvgIpc) is 2.57. The molecule has 0 fully saturated rings. The molecule has 2 rings (SSSR count). The molecule has 0 saturated carbocycles.